The van der Waals surface area contributed by atoms with E-state index < -0.39 is 0 Å². The maximum absolute atomic E-state index is 11.8. The molecule has 0 unspecified atom stereocenters. The number of benzene rings is 2. The lowest BCUT2D eigenvalue weighted by Crippen LogP contribution is -2.19. The molecular formula is C16H17ClN2O2. The standard InChI is InChI=1S/C16H17ClN2O2/c1-11-14(18)7-4-8-15(11)19-16(20)10-21-9-12-5-2-3-6-13(12)17/h2-8H,9-10,18H2,1H3,(H,19,20). The fourth-order valence-electron chi connectivity index (χ4n) is 1.84. The molecule has 0 fully saturated rings. The minimum Gasteiger partial charge on any atom is -0.398 e. The zero-order valence-corrected chi connectivity index (χ0v) is 12.5. The van der Waals surface area contributed by atoms with Crippen LogP contribution in [-0.2, 0) is 16.1 Å². The molecule has 2 aromatic rings. The third-order valence-electron chi connectivity index (χ3n) is 3.10. The second-order valence-electron chi connectivity index (χ2n) is 4.65. The quantitative estimate of drug-likeness (QED) is 0.832. The summed E-state index contributed by atoms with van der Waals surface area (Å²) in [6.07, 6.45) is 0. The largest absolute Gasteiger partial charge is 0.398 e. The van der Waals surface area contributed by atoms with E-state index in [1.165, 1.54) is 0 Å². The van der Waals surface area contributed by atoms with Crippen molar-refractivity contribution in [3.8, 4) is 0 Å². The molecule has 0 aromatic heterocycles. The summed E-state index contributed by atoms with van der Waals surface area (Å²) >= 11 is 6.01. The van der Waals surface area contributed by atoms with Gasteiger partial charge in [0.05, 0.1) is 6.61 Å². The number of halogens is 1. The van der Waals surface area contributed by atoms with Crippen molar-refractivity contribution >= 4 is 28.9 Å². The Morgan fingerprint density at radius 1 is 1.24 bits per heavy atom. The molecule has 3 N–H and O–H groups in total. The second kappa shape index (κ2) is 7.11. The zero-order chi connectivity index (χ0) is 15.2. The molecule has 0 radical (unpaired) electrons. The normalized spacial score (nSPS) is 10.4. The van der Waals surface area contributed by atoms with Crippen LogP contribution >= 0.6 is 11.6 Å². The van der Waals surface area contributed by atoms with Gasteiger partial charge in [-0.1, -0.05) is 35.9 Å². The van der Waals surface area contributed by atoms with Crippen molar-refractivity contribution in [2.75, 3.05) is 17.7 Å². The molecule has 0 aliphatic heterocycles. The van der Waals surface area contributed by atoms with Crippen LogP contribution in [0.25, 0.3) is 0 Å². The summed E-state index contributed by atoms with van der Waals surface area (Å²) in [7, 11) is 0. The zero-order valence-electron chi connectivity index (χ0n) is 11.7. The van der Waals surface area contributed by atoms with Crippen LogP contribution in [0, 0.1) is 6.92 Å². The van der Waals surface area contributed by atoms with Gasteiger partial charge in [-0.15, -0.1) is 0 Å². The molecule has 2 rings (SSSR count). The summed E-state index contributed by atoms with van der Waals surface area (Å²) in [5.74, 6) is -0.226. The number of nitrogens with one attached hydrogen (secondary N) is 1. The van der Waals surface area contributed by atoms with Crippen LogP contribution in [0.4, 0.5) is 11.4 Å². The molecule has 0 saturated carbocycles. The summed E-state index contributed by atoms with van der Waals surface area (Å²) in [6.45, 7) is 2.11. The number of nitrogen functional groups attached to an aromatic ring is 1. The number of hydrogen-bond donors (Lipinski definition) is 2. The van der Waals surface area contributed by atoms with Crippen molar-refractivity contribution in [3.63, 3.8) is 0 Å². The Kier molecular flexibility index (Phi) is 5.20. The van der Waals surface area contributed by atoms with E-state index in [9.17, 15) is 4.79 Å². The van der Waals surface area contributed by atoms with Crippen molar-refractivity contribution in [1.29, 1.82) is 0 Å². The second-order valence-corrected chi connectivity index (χ2v) is 5.06. The molecule has 21 heavy (non-hydrogen) atoms. The van der Waals surface area contributed by atoms with Gasteiger partial charge in [-0.05, 0) is 36.2 Å². The number of amides is 1. The highest BCUT2D eigenvalue weighted by atomic mass is 35.5. The van der Waals surface area contributed by atoms with Gasteiger partial charge in [0, 0.05) is 16.4 Å². The maximum atomic E-state index is 11.8. The van der Waals surface area contributed by atoms with Crippen LogP contribution in [0.15, 0.2) is 42.5 Å². The SMILES string of the molecule is Cc1c(N)cccc1NC(=O)COCc1ccccc1Cl. The predicted octanol–water partition coefficient (Wildman–Crippen LogP) is 3.39. The summed E-state index contributed by atoms with van der Waals surface area (Å²) in [6, 6.07) is 12.8. The van der Waals surface area contributed by atoms with Crippen LogP contribution < -0.4 is 11.1 Å². The topological polar surface area (TPSA) is 64.3 Å². The van der Waals surface area contributed by atoms with Crippen molar-refractivity contribution < 1.29 is 9.53 Å². The average molecular weight is 305 g/mol. The third-order valence-corrected chi connectivity index (χ3v) is 3.47. The lowest BCUT2D eigenvalue weighted by molar-refractivity contribution is -0.121. The number of carbonyl (C=O) groups excluding carboxylic acids is 1. The Bertz CT molecular complexity index is 644. The first-order chi connectivity index (χ1) is 10.1. The average Bonchev–Trinajstić information content (AvgIpc) is 2.46. The lowest BCUT2D eigenvalue weighted by atomic mass is 10.1. The number of hydrogen-bond acceptors (Lipinski definition) is 3. The van der Waals surface area contributed by atoms with Crippen LogP contribution in [0.1, 0.15) is 11.1 Å². The lowest BCUT2D eigenvalue weighted by Gasteiger charge is -2.10. The molecule has 0 atom stereocenters. The Labute approximate surface area is 128 Å². The molecule has 0 aliphatic carbocycles. The molecule has 0 aliphatic rings. The molecule has 4 nitrogen and oxygen atoms in total. The smallest absolute Gasteiger partial charge is 0.250 e. The van der Waals surface area contributed by atoms with E-state index in [2.05, 4.69) is 5.32 Å². The van der Waals surface area contributed by atoms with Crippen LogP contribution in [-0.4, -0.2) is 12.5 Å². The van der Waals surface area contributed by atoms with E-state index in [0.29, 0.717) is 23.0 Å². The summed E-state index contributed by atoms with van der Waals surface area (Å²) in [4.78, 5) is 11.8. The van der Waals surface area contributed by atoms with Gasteiger partial charge in [0.15, 0.2) is 0 Å². The molecule has 0 saturated heterocycles. The Hall–Kier alpha value is -2.04. The molecule has 0 heterocycles. The van der Waals surface area contributed by atoms with Crippen molar-refractivity contribution in [3.05, 3.63) is 58.6 Å². The van der Waals surface area contributed by atoms with Gasteiger partial charge in [0.1, 0.15) is 6.61 Å². The highest BCUT2D eigenvalue weighted by Gasteiger charge is 2.07. The van der Waals surface area contributed by atoms with E-state index in [1.807, 2.05) is 25.1 Å². The van der Waals surface area contributed by atoms with E-state index in [4.69, 9.17) is 22.1 Å². The van der Waals surface area contributed by atoms with E-state index in [1.54, 1.807) is 24.3 Å². The Morgan fingerprint density at radius 2 is 2.00 bits per heavy atom. The predicted molar refractivity (Wildman–Crippen MR) is 85.3 cm³/mol. The molecule has 0 spiro atoms. The summed E-state index contributed by atoms with van der Waals surface area (Å²) < 4.78 is 5.38. The van der Waals surface area contributed by atoms with Gasteiger partial charge in [0.25, 0.3) is 0 Å². The fourth-order valence-corrected chi connectivity index (χ4v) is 2.03. The molecular weight excluding hydrogens is 288 g/mol. The molecule has 110 valence electrons. The number of nitrogens with two attached hydrogens (primary N) is 1. The maximum Gasteiger partial charge on any atom is 0.250 e. The minimum atomic E-state index is -0.226. The Morgan fingerprint density at radius 3 is 2.76 bits per heavy atom. The summed E-state index contributed by atoms with van der Waals surface area (Å²) in [5.41, 5.74) is 8.83. The van der Waals surface area contributed by atoms with Gasteiger partial charge in [-0.3, -0.25) is 4.79 Å². The molecule has 1 amide bonds. The van der Waals surface area contributed by atoms with Crippen molar-refractivity contribution in [2.24, 2.45) is 0 Å². The van der Waals surface area contributed by atoms with Gasteiger partial charge < -0.3 is 15.8 Å². The number of carbonyl (C=O) groups is 1. The van der Waals surface area contributed by atoms with Crippen LogP contribution in [0.2, 0.25) is 5.02 Å². The van der Waals surface area contributed by atoms with E-state index in [0.717, 1.165) is 11.1 Å². The van der Waals surface area contributed by atoms with Crippen molar-refractivity contribution in [1.82, 2.24) is 0 Å². The highest BCUT2D eigenvalue weighted by molar-refractivity contribution is 6.31. The Balaban J connectivity index is 1.85. The monoisotopic (exact) mass is 304 g/mol. The number of anilines is 2. The molecule has 0 bridgehead atoms. The third kappa shape index (κ3) is 4.21. The fraction of sp³-hybridized carbons (Fsp3) is 0.188. The summed E-state index contributed by atoms with van der Waals surface area (Å²) in [5, 5.41) is 3.40. The van der Waals surface area contributed by atoms with E-state index in [-0.39, 0.29) is 12.5 Å². The van der Waals surface area contributed by atoms with Crippen molar-refractivity contribution in [2.45, 2.75) is 13.5 Å². The highest BCUT2D eigenvalue weighted by Crippen LogP contribution is 2.20. The first-order valence-electron chi connectivity index (χ1n) is 6.54. The van der Waals surface area contributed by atoms with Gasteiger partial charge in [0.2, 0.25) is 5.91 Å². The number of rotatable bonds is 5. The van der Waals surface area contributed by atoms with Gasteiger partial charge in [-0.2, -0.15) is 0 Å². The first-order valence-corrected chi connectivity index (χ1v) is 6.92. The molecule has 2 aromatic carbocycles. The van der Waals surface area contributed by atoms with Crippen LogP contribution in [0.3, 0.4) is 0 Å². The van der Waals surface area contributed by atoms with E-state index >= 15 is 0 Å². The van der Waals surface area contributed by atoms with Crippen LogP contribution in [0.5, 0.6) is 0 Å². The number of ether oxygens (including phenoxy) is 1. The first kappa shape index (κ1) is 15.4. The molecule has 5 heteroatoms. The van der Waals surface area contributed by atoms with Gasteiger partial charge >= 0.3 is 0 Å². The van der Waals surface area contributed by atoms with Gasteiger partial charge in [-0.25, -0.2) is 0 Å². The minimum absolute atomic E-state index is 0.0422.